The summed E-state index contributed by atoms with van der Waals surface area (Å²) in [6.45, 7) is 11.5. The van der Waals surface area contributed by atoms with Gasteiger partial charge in [-0.1, -0.05) is 27.7 Å². The molecule has 13 heavy (non-hydrogen) atoms. The molecule has 0 bridgehead atoms. The van der Waals surface area contributed by atoms with E-state index in [-0.39, 0.29) is 0 Å². The fraction of sp³-hybridized carbons (Fsp3) is 1.00. The molecular weight excluding hydrogens is 178 g/mol. The molecule has 1 nitrogen and oxygen atoms in total. The number of hydrogen-bond donors (Lipinski definition) is 1. The van der Waals surface area contributed by atoms with Gasteiger partial charge in [0.25, 0.3) is 0 Å². The Morgan fingerprint density at radius 1 is 1.31 bits per heavy atom. The Bertz CT molecular complexity index is 110. The lowest BCUT2D eigenvalue weighted by Crippen LogP contribution is -2.32. The second-order valence-corrected chi connectivity index (χ2v) is 5.64. The van der Waals surface area contributed by atoms with Crippen molar-refractivity contribution in [2.24, 2.45) is 11.3 Å². The van der Waals surface area contributed by atoms with Crippen LogP contribution in [-0.4, -0.2) is 25.1 Å². The summed E-state index contributed by atoms with van der Waals surface area (Å²) in [6, 6.07) is 0. The lowest BCUT2D eigenvalue weighted by molar-refractivity contribution is 0.228. The predicted octanol–water partition coefficient (Wildman–Crippen LogP) is 3.01. The van der Waals surface area contributed by atoms with Crippen LogP contribution in [0.15, 0.2) is 0 Å². The molecule has 0 aliphatic rings. The minimum Gasteiger partial charge on any atom is -0.317 e. The van der Waals surface area contributed by atoms with Gasteiger partial charge >= 0.3 is 0 Å². The van der Waals surface area contributed by atoms with Gasteiger partial charge in [-0.05, 0) is 42.9 Å². The number of hydrogen-bond acceptors (Lipinski definition) is 2. The molecule has 0 saturated heterocycles. The molecule has 0 rings (SSSR count). The highest BCUT2D eigenvalue weighted by atomic mass is 32.2. The average Bonchev–Trinajstić information content (AvgIpc) is 2.02. The molecule has 0 amide bonds. The fourth-order valence-corrected chi connectivity index (χ4v) is 1.94. The van der Waals surface area contributed by atoms with Crippen molar-refractivity contribution in [3.05, 3.63) is 0 Å². The Hall–Kier alpha value is 0.310. The van der Waals surface area contributed by atoms with E-state index in [1.807, 2.05) is 11.8 Å². The van der Waals surface area contributed by atoms with Gasteiger partial charge < -0.3 is 5.32 Å². The van der Waals surface area contributed by atoms with Crippen molar-refractivity contribution < 1.29 is 0 Å². The van der Waals surface area contributed by atoms with Crippen molar-refractivity contribution in [3.63, 3.8) is 0 Å². The maximum absolute atomic E-state index is 3.45. The first kappa shape index (κ1) is 13.3. The lowest BCUT2D eigenvalue weighted by atomic mass is 9.79. The Labute approximate surface area is 88.1 Å². The molecule has 0 heterocycles. The summed E-state index contributed by atoms with van der Waals surface area (Å²) >= 11 is 1.95. The van der Waals surface area contributed by atoms with Crippen LogP contribution in [0.25, 0.3) is 0 Å². The molecule has 0 spiro atoms. The maximum atomic E-state index is 3.45. The molecule has 2 heteroatoms. The standard InChI is InChI=1S/C11H25NS/c1-6-12-9-10(7-8-13-5)11(2,3)4/h10,12H,6-9H2,1-5H3. The molecule has 0 fully saturated rings. The smallest absolute Gasteiger partial charge is 0.00153 e. The minimum absolute atomic E-state index is 0.442. The Morgan fingerprint density at radius 2 is 1.92 bits per heavy atom. The largest absolute Gasteiger partial charge is 0.317 e. The van der Waals surface area contributed by atoms with E-state index in [1.54, 1.807) is 0 Å². The Balaban J connectivity index is 3.88. The summed E-state index contributed by atoms with van der Waals surface area (Å²) in [5.74, 6) is 2.09. The Morgan fingerprint density at radius 3 is 2.31 bits per heavy atom. The summed E-state index contributed by atoms with van der Waals surface area (Å²) in [5.41, 5.74) is 0.442. The van der Waals surface area contributed by atoms with Crippen LogP contribution in [0.3, 0.4) is 0 Å². The monoisotopic (exact) mass is 203 g/mol. The number of thioether (sulfide) groups is 1. The van der Waals surface area contributed by atoms with Gasteiger partial charge in [0.05, 0.1) is 0 Å². The van der Waals surface area contributed by atoms with Crippen LogP contribution in [0, 0.1) is 11.3 Å². The van der Waals surface area contributed by atoms with Crippen molar-refractivity contribution >= 4 is 11.8 Å². The number of rotatable bonds is 6. The van der Waals surface area contributed by atoms with Gasteiger partial charge in [0, 0.05) is 0 Å². The molecule has 1 atom stereocenters. The van der Waals surface area contributed by atoms with E-state index in [0.29, 0.717) is 5.41 Å². The lowest BCUT2D eigenvalue weighted by Gasteiger charge is -2.30. The van der Waals surface area contributed by atoms with Crippen molar-refractivity contribution in [1.82, 2.24) is 5.32 Å². The van der Waals surface area contributed by atoms with E-state index in [9.17, 15) is 0 Å². The molecule has 0 radical (unpaired) electrons. The zero-order valence-corrected chi connectivity index (χ0v) is 10.6. The van der Waals surface area contributed by atoms with E-state index in [0.717, 1.165) is 12.5 Å². The van der Waals surface area contributed by atoms with Crippen LogP contribution in [0.1, 0.15) is 34.1 Å². The highest BCUT2D eigenvalue weighted by molar-refractivity contribution is 7.98. The summed E-state index contributed by atoms with van der Waals surface area (Å²) in [7, 11) is 0. The van der Waals surface area contributed by atoms with Gasteiger partial charge in [0.2, 0.25) is 0 Å². The van der Waals surface area contributed by atoms with E-state index < -0.39 is 0 Å². The van der Waals surface area contributed by atoms with Crippen molar-refractivity contribution in [1.29, 1.82) is 0 Å². The molecule has 0 aromatic carbocycles. The second-order valence-electron chi connectivity index (χ2n) is 4.65. The first-order chi connectivity index (χ1) is 6.02. The zero-order chi connectivity index (χ0) is 10.3. The minimum atomic E-state index is 0.442. The van der Waals surface area contributed by atoms with Crippen molar-refractivity contribution in [2.75, 3.05) is 25.1 Å². The summed E-state index contributed by atoms with van der Waals surface area (Å²) < 4.78 is 0. The Kier molecular flexibility index (Phi) is 6.88. The predicted molar refractivity (Wildman–Crippen MR) is 64.5 cm³/mol. The molecule has 0 aromatic heterocycles. The van der Waals surface area contributed by atoms with Crippen LogP contribution in [0.5, 0.6) is 0 Å². The summed E-state index contributed by atoms with van der Waals surface area (Å²) in [4.78, 5) is 0. The van der Waals surface area contributed by atoms with E-state index in [2.05, 4.69) is 39.3 Å². The van der Waals surface area contributed by atoms with Crippen molar-refractivity contribution in [3.8, 4) is 0 Å². The van der Waals surface area contributed by atoms with Crippen LogP contribution in [0.4, 0.5) is 0 Å². The van der Waals surface area contributed by atoms with Gasteiger partial charge in [-0.15, -0.1) is 0 Å². The maximum Gasteiger partial charge on any atom is -0.00153 e. The third kappa shape index (κ3) is 6.39. The van der Waals surface area contributed by atoms with Crippen LogP contribution in [0.2, 0.25) is 0 Å². The van der Waals surface area contributed by atoms with Gasteiger partial charge in [-0.2, -0.15) is 11.8 Å². The third-order valence-corrected chi connectivity index (χ3v) is 3.18. The van der Waals surface area contributed by atoms with E-state index >= 15 is 0 Å². The molecule has 0 aliphatic heterocycles. The highest BCUT2D eigenvalue weighted by Crippen LogP contribution is 2.28. The first-order valence-electron chi connectivity index (χ1n) is 5.22. The highest BCUT2D eigenvalue weighted by Gasteiger charge is 2.23. The number of nitrogens with one attached hydrogen (secondary N) is 1. The van der Waals surface area contributed by atoms with E-state index in [1.165, 1.54) is 18.7 Å². The molecule has 0 saturated carbocycles. The average molecular weight is 203 g/mol. The first-order valence-corrected chi connectivity index (χ1v) is 6.61. The SMILES string of the molecule is CCNCC(CCSC)C(C)(C)C. The quantitative estimate of drug-likeness (QED) is 0.712. The van der Waals surface area contributed by atoms with Crippen LogP contribution >= 0.6 is 11.8 Å². The normalized spacial score (nSPS) is 14.5. The molecular formula is C11H25NS. The molecule has 1 unspecified atom stereocenters. The summed E-state index contributed by atoms with van der Waals surface area (Å²) in [6.07, 6.45) is 3.52. The molecule has 0 aliphatic carbocycles. The molecule has 1 N–H and O–H groups in total. The topological polar surface area (TPSA) is 12.0 Å². The van der Waals surface area contributed by atoms with Crippen LogP contribution < -0.4 is 5.32 Å². The summed E-state index contributed by atoms with van der Waals surface area (Å²) in [5, 5.41) is 3.45. The van der Waals surface area contributed by atoms with E-state index in [4.69, 9.17) is 0 Å². The van der Waals surface area contributed by atoms with Gasteiger partial charge in [-0.25, -0.2) is 0 Å². The molecule has 0 aromatic rings. The third-order valence-electron chi connectivity index (χ3n) is 2.54. The van der Waals surface area contributed by atoms with Gasteiger partial charge in [0.15, 0.2) is 0 Å². The van der Waals surface area contributed by atoms with Crippen molar-refractivity contribution in [2.45, 2.75) is 34.1 Å². The van der Waals surface area contributed by atoms with Gasteiger partial charge in [-0.3, -0.25) is 0 Å². The molecule has 80 valence electrons. The van der Waals surface area contributed by atoms with Crippen LogP contribution in [-0.2, 0) is 0 Å². The zero-order valence-electron chi connectivity index (χ0n) is 9.81. The fourth-order valence-electron chi connectivity index (χ4n) is 1.42. The second kappa shape index (κ2) is 6.72. The van der Waals surface area contributed by atoms with Gasteiger partial charge in [0.1, 0.15) is 0 Å².